The van der Waals surface area contributed by atoms with Gasteiger partial charge in [-0.2, -0.15) is 0 Å². The van der Waals surface area contributed by atoms with E-state index in [4.69, 9.17) is 0 Å². The first-order chi connectivity index (χ1) is 28.3. The Morgan fingerprint density at radius 1 is 0.333 bits per heavy atom. The Hall–Kier alpha value is -7.20. The van der Waals surface area contributed by atoms with Gasteiger partial charge >= 0.3 is 0 Å². The number of aromatic nitrogens is 1. The Morgan fingerprint density at radius 3 is 1.65 bits per heavy atom. The summed E-state index contributed by atoms with van der Waals surface area (Å²) in [5.41, 5.74) is 14.1. The minimum atomic E-state index is 1.11. The largest absolute Gasteiger partial charge is 0.310 e. The number of hydrogen-bond acceptors (Lipinski definition) is 2. The van der Waals surface area contributed by atoms with E-state index in [0.717, 1.165) is 17.1 Å². The van der Waals surface area contributed by atoms with Crippen LogP contribution in [0.1, 0.15) is 0 Å². The van der Waals surface area contributed by atoms with Crippen molar-refractivity contribution in [2.45, 2.75) is 0 Å². The third-order valence-electron chi connectivity index (χ3n) is 11.2. The van der Waals surface area contributed by atoms with Crippen molar-refractivity contribution < 1.29 is 0 Å². The van der Waals surface area contributed by atoms with Gasteiger partial charge < -0.3 is 9.47 Å². The summed E-state index contributed by atoms with van der Waals surface area (Å²) in [7, 11) is 0. The summed E-state index contributed by atoms with van der Waals surface area (Å²) in [5.74, 6) is 0. The van der Waals surface area contributed by atoms with E-state index >= 15 is 0 Å². The third-order valence-corrected chi connectivity index (χ3v) is 12.3. The van der Waals surface area contributed by atoms with E-state index in [9.17, 15) is 0 Å². The van der Waals surface area contributed by atoms with Gasteiger partial charge in [0.05, 0.1) is 11.0 Å². The van der Waals surface area contributed by atoms with E-state index < -0.39 is 0 Å². The van der Waals surface area contributed by atoms with E-state index in [-0.39, 0.29) is 0 Å². The number of para-hydroxylation sites is 2. The van der Waals surface area contributed by atoms with Gasteiger partial charge in [-0.15, -0.1) is 11.3 Å². The second kappa shape index (κ2) is 13.8. The molecule has 2 aromatic heterocycles. The van der Waals surface area contributed by atoms with Gasteiger partial charge in [0.15, 0.2) is 0 Å². The maximum Gasteiger partial charge on any atom is 0.0547 e. The molecule has 0 saturated heterocycles. The Kier molecular flexibility index (Phi) is 8.04. The predicted octanol–water partition coefficient (Wildman–Crippen LogP) is 15.6. The molecule has 0 atom stereocenters. The molecule has 268 valence electrons. The molecule has 0 spiro atoms. The van der Waals surface area contributed by atoms with Gasteiger partial charge in [0.1, 0.15) is 0 Å². The van der Waals surface area contributed by atoms with Crippen LogP contribution >= 0.6 is 11.3 Å². The van der Waals surface area contributed by atoms with Crippen LogP contribution in [0.5, 0.6) is 0 Å². The lowest BCUT2D eigenvalue weighted by Crippen LogP contribution is -2.09. The Balaban J connectivity index is 1.00. The average molecular weight is 745 g/mol. The van der Waals surface area contributed by atoms with E-state index in [2.05, 4.69) is 228 Å². The number of anilines is 3. The molecule has 2 heterocycles. The Labute approximate surface area is 335 Å². The van der Waals surface area contributed by atoms with Gasteiger partial charge in [-0.1, -0.05) is 152 Å². The summed E-state index contributed by atoms with van der Waals surface area (Å²) in [5, 5.41) is 5.14. The van der Waals surface area contributed by atoms with E-state index in [1.807, 2.05) is 11.3 Å². The fourth-order valence-corrected chi connectivity index (χ4v) is 9.66. The molecule has 0 aliphatic carbocycles. The molecule has 2 nitrogen and oxygen atoms in total. The molecular formula is C54H36N2S. The van der Waals surface area contributed by atoms with E-state index in [1.165, 1.54) is 81.0 Å². The summed E-state index contributed by atoms with van der Waals surface area (Å²) < 4.78 is 5.07. The lowest BCUT2D eigenvalue weighted by atomic mass is 9.98. The van der Waals surface area contributed by atoms with Crippen molar-refractivity contribution in [1.29, 1.82) is 0 Å². The van der Waals surface area contributed by atoms with E-state index in [1.54, 1.807) is 0 Å². The second-order valence-corrected chi connectivity index (χ2v) is 15.6. The molecule has 0 amide bonds. The zero-order valence-corrected chi connectivity index (χ0v) is 31.9. The molecule has 3 heteroatoms. The van der Waals surface area contributed by atoms with Crippen molar-refractivity contribution in [1.82, 2.24) is 4.57 Å². The molecule has 0 aliphatic heterocycles. The molecule has 0 aliphatic rings. The highest BCUT2D eigenvalue weighted by Gasteiger charge is 2.19. The smallest absolute Gasteiger partial charge is 0.0547 e. The Morgan fingerprint density at radius 2 is 0.877 bits per heavy atom. The normalized spacial score (nSPS) is 11.5. The molecule has 11 rings (SSSR count). The van der Waals surface area contributed by atoms with Gasteiger partial charge in [0.25, 0.3) is 0 Å². The van der Waals surface area contributed by atoms with Crippen LogP contribution in [-0.2, 0) is 0 Å². The van der Waals surface area contributed by atoms with Crippen LogP contribution in [0.15, 0.2) is 218 Å². The lowest BCUT2D eigenvalue weighted by Gasteiger charge is -2.26. The lowest BCUT2D eigenvalue weighted by molar-refractivity contribution is 1.19. The number of hydrogen-bond donors (Lipinski definition) is 0. The summed E-state index contributed by atoms with van der Waals surface area (Å²) in [6, 6.07) is 79.3. The van der Waals surface area contributed by atoms with Crippen LogP contribution in [0.3, 0.4) is 0 Å². The van der Waals surface area contributed by atoms with Crippen LogP contribution < -0.4 is 4.90 Å². The first-order valence-corrected chi connectivity index (χ1v) is 20.2. The average Bonchev–Trinajstić information content (AvgIpc) is 3.83. The highest BCUT2D eigenvalue weighted by Crippen LogP contribution is 2.43. The van der Waals surface area contributed by atoms with Gasteiger partial charge in [0, 0.05) is 53.7 Å². The Bertz CT molecular complexity index is 3210. The van der Waals surface area contributed by atoms with Gasteiger partial charge in [0.2, 0.25) is 0 Å². The van der Waals surface area contributed by atoms with Gasteiger partial charge in [-0.25, -0.2) is 0 Å². The van der Waals surface area contributed by atoms with Crippen LogP contribution in [-0.4, -0.2) is 4.57 Å². The molecule has 11 aromatic rings. The van der Waals surface area contributed by atoms with Crippen LogP contribution in [0.25, 0.3) is 81.0 Å². The summed E-state index contributed by atoms with van der Waals surface area (Å²) in [6.45, 7) is 0. The quantitative estimate of drug-likeness (QED) is 0.158. The van der Waals surface area contributed by atoms with Gasteiger partial charge in [-0.05, 0) is 100 Å². The molecule has 57 heavy (non-hydrogen) atoms. The van der Waals surface area contributed by atoms with Crippen molar-refractivity contribution in [3.05, 3.63) is 218 Å². The number of fused-ring (bicyclic) bond motifs is 6. The minimum Gasteiger partial charge on any atom is -0.310 e. The maximum atomic E-state index is 2.44. The SMILES string of the molecule is c1ccc(-c2ccc(-c3ccc(N(c4ccccc4)c4cccc(-c5cccc6c5c5ccccc5n6-c5ccc6c(c5)sc5ccccc56)c4)cc3)cc2)cc1. The fraction of sp³-hybridized carbons (Fsp3) is 0. The topological polar surface area (TPSA) is 8.17 Å². The first kappa shape index (κ1) is 33.2. The molecule has 0 saturated carbocycles. The predicted molar refractivity (Wildman–Crippen MR) is 245 cm³/mol. The van der Waals surface area contributed by atoms with Crippen LogP contribution in [0.2, 0.25) is 0 Å². The van der Waals surface area contributed by atoms with Crippen molar-refractivity contribution in [2.75, 3.05) is 4.90 Å². The van der Waals surface area contributed by atoms with Crippen LogP contribution in [0, 0.1) is 0 Å². The molecule has 9 aromatic carbocycles. The zero-order chi connectivity index (χ0) is 37.7. The van der Waals surface area contributed by atoms with E-state index in [0.29, 0.717) is 0 Å². The molecule has 0 radical (unpaired) electrons. The minimum absolute atomic E-state index is 1.11. The molecule has 0 bridgehead atoms. The van der Waals surface area contributed by atoms with Gasteiger partial charge in [-0.3, -0.25) is 0 Å². The van der Waals surface area contributed by atoms with Crippen LogP contribution in [0.4, 0.5) is 17.1 Å². The number of nitrogens with zero attached hydrogens (tertiary/aromatic N) is 2. The van der Waals surface area contributed by atoms with Crippen molar-refractivity contribution in [2.24, 2.45) is 0 Å². The maximum absolute atomic E-state index is 2.44. The number of rotatable bonds is 7. The van der Waals surface area contributed by atoms with Crippen molar-refractivity contribution in [3.63, 3.8) is 0 Å². The monoisotopic (exact) mass is 744 g/mol. The number of thiophene rings is 1. The zero-order valence-electron chi connectivity index (χ0n) is 31.1. The molecule has 0 fully saturated rings. The molecule has 0 unspecified atom stereocenters. The molecular weight excluding hydrogens is 709 g/mol. The van der Waals surface area contributed by atoms with Crippen molar-refractivity contribution in [3.8, 4) is 39.1 Å². The third kappa shape index (κ3) is 5.80. The molecule has 0 N–H and O–H groups in total. The summed E-state index contributed by atoms with van der Waals surface area (Å²) in [4.78, 5) is 2.36. The summed E-state index contributed by atoms with van der Waals surface area (Å²) in [6.07, 6.45) is 0. The number of benzene rings is 9. The van der Waals surface area contributed by atoms with Crippen molar-refractivity contribution >= 4 is 70.4 Å². The second-order valence-electron chi connectivity index (χ2n) is 14.5. The standard InChI is InChI=1S/C54H36N2S/c1-3-13-37(14-4-1)38-25-27-39(28-26-38)40-29-31-43(32-30-40)55(42-16-5-2-6-17-42)44-18-11-15-41(35-44)46-21-12-23-51-54(46)49-20-7-9-22-50(49)56(51)45-33-34-48-47-19-8-10-24-52(47)57-53(48)36-45/h1-36H. The first-order valence-electron chi connectivity index (χ1n) is 19.4. The summed E-state index contributed by atoms with van der Waals surface area (Å²) >= 11 is 1.87. The highest BCUT2D eigenvalue weighted by molar-refractivity contribution is 7.25. The fourth-order valence-electron chi connectivity index (χ4n) is 8.52. The highest BCUT2D eigenvalue weighted by atomic mass is 32.1.